The van der Waals surface area contributed by atoms with E-state index in [-0.39, 0.29) is 11.4 Å². The number of guanidine groups is 1. The molecule has 0 N–H and O–H groups in total. The first-order chi connectivity index (χ1) is 15.3. The Balaban J connectivity index is 1.48. The number of fused-ring (bicyclic) bond motifs is 3. The van der Waals surface area contributed by atoms with Crippen LogP contribution in [0, 0.1) is 6.92 Å². The second-order valence-corrected chi connectivity index (χ2v) is 9.25. The molecule has 2 aliphatic rings. The minimum atomic E-state index is -0.249. The smallest absolute Gasteiger partial charge is 0.266 e. The maximum absolute atomic E-state index is 13.2. The standard InChI is InChI=1S/C25H28N6O/c1-6-20-21-22(30-15-25(3,4)27-24(30)29(5)23(21)32)28-31(20)14-17-8-10-18(11-9-17)19-12-7-16(2)13-26-19/h7-13H,6,14-15H2,1-5H3. The van der Waals surface area contributed by atoms with Gasteiger partial charge in [-0.05, 0) is 44.4 Å². The normalized spacial score (nSPS) is 16.8. The van der Waals surface area contributed by atoms with Gasteiger partial charge in [0.25, 0.3) is 5.91 Å². The first kappa shape index (κ1) is 20.4. The predicted octanol–water partition coefficient (Wildman–Crippen LogP) is 3.90. The quantitative estimate of drug-likeness (QED) is 0.632. The number of amides is 1. The van der Waals surface area contributed by atoms with E-state index >= 15 is 0 Å². The zero-order valence-corrected chi connectivity index (χ0v) is 19.3. The monoisotopic (exact) mass is 428 g/mol. The zero-order chi connectivity index (χ0) is 22.6. The molecule has 0 bridgehead atoms. The van der Waals surface area contributed by atoms with Gasteiger partial charge in [-0.3, -0.25) is 24.3 Å². The summed E-state index contributed by atoms with van der Waals surface area (Å²) >= 11 is 0. The number of hydrogen-bond donors (Lipinski definition) is 0. The molecule has 0 fully saturated rings. The topological polar surface area (TPSA) is 66.6 Å². The third-order valence-electron chi connectivity index (χ3n) is 6.13. The fraction of sp³-hybridized carbons (Fsp3) is 0.360. The van der Waals surface area contributed by atoms with E-state index < -0.39 is 0 Å². The molecule has 1 amide bonds. The summed E-state index contributed by atoms with van der Waals surface area (Å²) < 4.78 is 1.98. The van der Waals surface area contributed by atoms with Crippen LogP contribution in [0.1, 0.15) is 48.0 Å². The van der Waals surface area contributed by atoms with Gasteiger partial charge >= 0.3 is 0 Å². The number of pyridine rings is 1. The molecule has 5 rings (SSSR count). The van der Waals surface area contributed by atoms with Gasteiger partial charge in [0.05, 0.1) is 30.0 Å². The van der Waals surface area contributed by atoms with Crippen LogP contribution in [0.4, 0.5) is 5.82 Å². The molecule has 0 atom stereocenters. The number of aryl methyl sites for hydroxylation is 1. The van der Waals surface area contributed by atoms with Crippen LogP contribution in [0.5, 0.6) is 0 Å². The Bertz CT molecular complexity index is 1220. The van der Waals surface area contributed by atoms with Crippen LogP contribution in [-0.4, -0.2) is 50.7 Å². The van der Waals surface area contributed by atoms with E-state index in [4.69, 9.17) is 10.1 Å². The molecule has 2 aliphatic heterocycles. The van der Waals surface area contributed by atoms with Crippen LogP contribution in [0.2, 0.25) is 0 Å². The van der Waals surface area contributed by atoms with Gasteiger partial charge in [0.15, 0.2) is 5.82 Å². The number of aromatic nitrogens is 3. The van der Waals surface area contributed by atoms with Gasteiger partial charge in [-0.15, -0.1) is 0 Å². The molecule has 32 heavy (non-hydrogen) atoms. The summed E-state index contributed by atoms with van der Waals surface area (Å²) in [6.45, 7) is 9.60. The predicted molar refractivity (Wildman–Crippen MR) is 126 cm³/mol. The van der Waals surface area contributed by atoms with Crippen molar-refractivity contribution in [1.82, 2.24) is 19.7 Å². The Hall–Kier alpha value is -3.48. The molecule has 0 spiro atoms. The summed E-state index contributed by atoms with van der Waals surface area (Å²) in [5.41, 5.74) is 5.74. The summed E-state index contributed by atoms with van der Waals surface area (Å²) in [6, 6.07) is 12.5. The first-order valence-electron chi connectivity index (χ1n) is 11.0. The average Bonchev–Trinajstić information content (AvgIpc) is 3.30. The molecule has 0 saturated carbocycles. The van der Waals surface area contributed by atoms with Crippen molar-refractivity contribution >= 4 is 17.7 Å². The molecule has 3 aromatic rings. The van der Waals surface area contributed by atoms with Crippen molar-refractivity contribution in [2.24, 2.45) is 4.99 Å². The van der Waals surface area contributed by atoms with Crippen LogP contribution in [0.3, 0.4) is 0 Å². The molecule has 0 saturated heterocycles. The van der Waals surface area contributed by atoms with E-state index in [9.17, 15) is 4.79 Å². The van der Waals surface area contributed by atoms with Gasteiger partial charge in [0.1, 0.15) is 5.56 Å². The van der Waals surface area contributed by atoms with Crippen molar-refractivity contribution in [3.63, 3.8) is 0 Å². The second-order valence-electron chi connectivity index (χ2n) is 9.25. The molecule has 7 nitrogen and oxygen atoms in total. The second kappa shape index (κ2) is 7.29. The highest BCUT2D eigenvalue weighted by Crippen LogP contribution is 2.36. The Morgan fingerprint density at radius 3 is 2.50 bits per heavy atom. The lowest BCUT2D eigenvalue weighted by atomic mass is 10.1. The van der Waals surface area contributed by atoms with Crippen LogP contribution in [0.15, 0.2) is 47.6 Å². The lowest BCUT2D eigenvalue weighted by molar-refractivity contribution is 0.0864. The Morgan fingerprint density at radius 2 is 1.84 bits per heavy atom. The van der Waals surface area contributed by atoms with Crippen molar-refractivity contribution in [3.8, 4) is 11.3 Å². The van der Waals surface area contributed by atoms with E-state index in [1.807, 2.05) is 23.9 Å². The molecule has 4 heterocycles. The summed E-state index contributed by atoms with van der Waals surface area (Å²) in [6.07, 6.45) is 2.62. The van der Waals surface area contributed by atoms with Crippen molar-refractivity contribution in [3.05, 3.63) is 65.0 Å². The largest absolute Gasteiger partial charge is 0.292 e. The number of anilines is 1. The lowest BCUT2D eigenvalue weighted by Gasteiger charge is -2.30. The van der Waals surface area contributed by atoms with Crippen LogP contribution in [0.25, 0.3) is 11.3 Å². The maximum Gasteiger partial charge on any atom is 0.266 e. The third-order valence-corrected chi connectivity index (χ3v) is 6.13. The molecule has 2 aromatic heterocycles. The van der Waals surface area contributed by atoms with E-state index in [0.29, 0.717) is 24.6 Å². The molecule has 164 valence electrons. The molecule has 7 heteroatoms. The van der Waals surface area contributed by atoms with Crippen molar-refractivity contribution in [2.75, 3.05) is 18.5 Å². The van der Waals surface area contributed by atoms with Crippen LogP contribution < -0.4 is 4.90 Å². The summed E-state index contributed by atoms with van der Waals surface area (Å²) in [7, 11) is 1.80. The van der Waals surface area contributed by atoms with E-state index in [2.05, 4.69) is 61.0 Å². The van der Waals surface area contributed by atoms with E-state index in [0.717, 1.165) is 40.3 Å². The molecule has 0 aliphatic carbocycles. The lowest BCUT2D eigenvalue weighted by Crippen LogP contribution is -2.48. The van der Waals surface area contributed by atoms with Gasteiger partial charge in [-0.25, -0.2) is 4.99 Å². The molecule has 0 unspecified atom stereocenters. The Morgan fingerprint density at radius 1 is 1.09 bits per heavy atom. The molecule has 0 radical (unpaired) electrons. The zero-order valence-electron chi connectivity index (χ0n) is 19.3. The number of hydrogen-bond acceptors (Lipinski definition) is 5. The fourth-order valence-corrected chi connectivity index (χ4v) is 4.48. The van der Waals surface area contributed by atoms with Crippen LogP contribution >= 0.6 is 0 Å². The van der Waals surface area contributed by atoms with Gasteiger partial charge in [0, 0.05) is 18.8 Å². The van der Waals surface area contributed by atoms with Gasteiger partial charge in [-0.1, -0.05) is 37.3 Å². The number of aliphatic imine (C=N–C) groups is 1. The third kappa shape index (κ3) is 3.28. The molecular weight excluding hydrogens is 400 g/mol. The number of rotatable bonds is 4. The highest BCUT2D eigenvalue weighted by Gasteiger charge is 2.44. The minimum Gasteiger partial charge on any atom is -0.292 e. The summed E-state index contributed by atoms with van der Waals surface area (Å²) in [5.74, 6) is 1.39. The first-order valence-corrected chi connectivity index (χ1v) is 11.0. The van der Waals surface area contributed by atoms with E-state index in [1.54, 1.807) is 11.9 Å². The van der Waals surface area contributed by atoms with Crippen molar-refractivity contribution in [2.45, 2.75) is 46.2 Å². The highest BCUT2D eigenvalue weighted by atomic mass is 16.2. The molecule has 1 aromatic carbocycles. The molecular formula is C25H28N6O. The SMILES string of the molecule is CCc1c2c(nn1Cc1ccc(-c3ccc(C)cn3)cc1)N1CC(C)(C)N=C1N(C)C2=O. The van der Waals surface area contributed by atoms with Crippen molar-refractivity contribution in [1.29, 1.82) is 0 Å². The average molecular weight is 429 g/mol. The Labute approximate surface area is 188 Å². The van der Waals surface area contributed by atoms with Gasteiger partial charge in [0.2, 0.25) is 5.96 Å². The highest BCUT2D eigenvalue weighted by molar-refractivity contribution is 6.19. The Kier molecular flexibility index (Phi) is 4.65. The number of nitrogens with zero attached hydrogens (tertiary/aromatic N) is 6. The number of carbonyl (C=O) groups excluding carboxylic acids is 1. The number of benzene rings is 1. The van der Waals surface area contributed by atoms with Crippen LogP contribution in [-0.2, 0) is 13.0 Å². The summed E-state index contributed by atoms with van der Waals surface area (Å²) in [4.78, 5) is 26.2. The van der Waals surface area contributed by atoms with E-state index in [1.165, 1.54) is 0 Å². The fourth-order valence-electron chi connectivity index (χ4n) is 4.48. The minimum absolute atomic E-state index is 0.0309. The van der Waals surface area contributed by atoms with Gasteiger partial charge < -0.3 is 0 Å². The maximum atomic E-state index is 13.2. The summed E-state index contributed by atoms with van der Waals surface area (Å²) in [5, 5.41) is 4.90. The van der Waals surface area contributed by atoms with Crippen molar-refractivity contribution < 1.29 is 4.79 Å². The van der Waals surface area contributed by atoms with Gasteiger partial charge in [-0.2, -0.15) is 5.10 Å². The number of carbonyl (C=O) groups is 1.